The number of halogens is 3. The number of carbonyl (C=O) groups is 1. The average Bonchev–Trinajstić information content (AvgIpc) is 3.06. The van der Waals surface area contributed by atoms with E-state index in [-0.39, 0.29) is 18.1 Å². The summed E-state index contributed by atoms with van der Waals surface area (Å²) >= 11 is 1.35. The lowest BCUT2D eigenvalue weighted by Crippen LogP contribution is -2.33. The third kappa shape index (κ3) is 5.93. The van der Waals surface area contributed by atoms with E-state index in [0.717, 1.165) is 37.5 Å². The summed E-state index contributed by atoms with van der Waals surface area (Å²) in [6, 6.07) is 4.76. The van der Waals surface area contributed by atoms with Gasteiger partial charge in [-0.2, -0.15) is 13.2 Å². The van der Waals surface area contributed by atoms with Crippen molar-refractivity contribution in [3.63, 3.8) is 0 Å². The van der Waals surface area contributed by atoms with E-state index in [1.54, 1.807) is 0 Å². The maximum atomic E-state index is 12.7. The second kappa shape index (κ2) is 8.91. The van der Waals surface area contributed by atoms with Crippen LogP contribution in [-0.4, -0.2) is 35.4 Å². The molecule has 2 N–H and O–H groups in total. The van der Waals surface area contributed by atoms with Crippen LogP contribution in [0.4, 0.5) is 24.0 Å². The van der Waals surface area contributed by atoms with E-state index in [2.05, 4.69) is 27.4 Å². The summed E-state index contributed by atoms with van der Waals surface area (Å²) in [5, 5.41) is 7.82. The molecule has 152 valence electrons. The average molecular weight is 412 g/mol. The van der Waals surface area contributed by atoms with Crippen molar-refractivity contribution in [3.8, 4) is 0 Å². The van der Waals surface area contributed by atoms with E-state index < -0.39 is 11.7 Å². The lowest BCUT2D eigenvalue weighted by atomic mass is 10.0. The minimum absolute atomic E-state index is 0.139. The quantitative estimate of drug-likeness (QED) is 0.736. The smallest absolute Gasteiger partial charge is 0.376 e. The van der Waals surface area contributed by atoms with Gasteiger partial charge in [0.25, 0.3) is 0 Å². The highest BCUT2D eigenvalue weighted by Gasteiger charge is 2.30. The van der Waals surface area contributed by atoms with Gasteiger partial charge in [0.15, 0.2) is 5.13 Å². The SMILES string of the molecule is CC1CCCN(Cc2csc(NC(=O)CNc3cccc(C(F)(F)F)c3)n2)C1. The van der Waals surface area contributed by atoms with Gasteiger partial charge >= 0.3 is 6.18 Å². The number of benzene rings is 1. The molecule has 1 aromatic carbocycles. The van der Waals surface area contributed by atoms with Crippen molar-refractivity contribution in [3.05, 3.63) is 40.9 Å². The number of thiazole rings is 1. The summed E-state index contributed by atoms with van der Waals surface area (Å²) in [6.07, 6.45) is -1.97. The van der Waals surface area contributed by atoms with Crippen molar-refractivity contribution < 1.29 is 18.0 Å². The fraction of sp³-hybridized carbons (Fsp3) is 0.474. The molecule has 1 unspecified atom stereocenters. The van der Waals surface area contributed by atoms with Gasteiger partial charge in [0.1, 0.15) is 0 Å². The summed E-state index contributed by atoms with van der Waals surface area (Å²) in [4.78, 5) is 18.9. The van der Waals surface area contributed by atoms with Crippen LogP contribution >= 0.6 is 11.3 Å². The van der Waals surface area contributed by atoms with E-state index in [9.17, 15) is 18.0 Å². The van der Waals surface area contributed by atoms with Crippen LogP contribution in [0.15, 0.2) is 29.6 Å². The number of aromatic nitrogens is 1. The number of alkyl halides is 3. The molecule has 1 amide bonds. The largest absolute Gasteiger partial charge is 0.416 e. The lowest BCUT2D eigenvalue weighted by Gasteiger charge is -2.30. The second-order valence-corrected chi connectivity index (χ2v) is 7.96. The molecular weight excluding hydrogens is 389 g/mol. The Kier molecular flexibility index (Phi) is 6.56. The van der Waals surface area contributed by atoms with Gasteiger partial charge in [-0.1, -0.05) is 13.0 Å². The zero-order chi connectivity index (χ0) is 20.1. The maximum Gasteiger partial charge on any atom is 0.416 e. The molecule has 1 aromatic heterocycles. The summed E-state index contributed by atoms with van der Waals surface area (Å²) < 4.78 is 38.2. The molecule has 0 aliphatic carbocycles. The van der Waals surface area contributed by atoms with Crippen molar-refractivity contribution in [2.45, 2.75) is 32.5 Å². The van der Waals surface area contributed by atoms with E-state index in [1.165, 1.54) is 36.3 Å². The molecule has 2 aromatic rings. The molecule has 3 rings (SSSR count). The first-order valence-corrected chi connectivity index (χ1v) is 10.1. The monoisotopic (exact) mass is 412 g/mol. The van der Waals surface area contributed by atoms with Crippen LogP contribution in [0.1, 0.15) is 31.0 Å². The van der Waals surface area contributed by atoms with Crippen LogP contribution < -0.4 is 10.6 Å². The molecule has 28 heavy (non-hydrogen) atoms. The first-order valence-electron chi connectivity index (χ1n) is 9.17. The number of rotatable bonds is 6. The number of hydrogen-bond donors (Lipinski definition) is 2. The van der Waals surface area contributed by atoms with Gasteiger partial charge in [-0.25, -0.2) is 4.98 Å². The van der Waals surface area contributed by atoms with E-state index >= 15 is 0 Å². The van der Waals surface area contributed by atoms with Gasteiger partial charge in [0.2, 0.25) is 5.91 Å². The Morgan fingerprint density at radius 3 is 2.96 bits per heavy atom. The zero-order valence-corrected chi connectivity index (χ0v) is 16.4. The second-order valence-electron chi connectivity index (χ2n) is 7.11. The van der Waals surface area contributed by atoms with Crippen molar-refractivity contribution >= 4 is 28.1 Å². The molecule has 9 heteroatoms. The highest BCUT2D eigenvalue weighted by Crippen LogP contribution is 2.30. The molecule has 1 aliphatic rings. The summed E-state index contributed by atoms with van der Waals surface area (Å²) in [7, 11) is 0. The third-order valence-corrected chi connectivity index (χ3v) is 5.37. The van der Waals surface area contributed by atoms with Gasteiger partial charge in [0.05, 0.1) is 17.8 Å². The fourth-order valence-corrected chi connectivity index (χ4v) is 3.97. The van der Waals surface area contributed by atoms with Crippen molar-refractivity contribution in [2.75, 3.05) is 30.3 Å². The fourth-order valence-electron chi connectivity index (χ4n) is 3.25. The molecule has 1 aliphatic heterocycles. The number of carbonyl (C=O) groups excluding carboxylic acids is 1. The van der Waals surface area contributed by atoms with Crippen LogP contribution in [0.25, 0.3) is 0 Å². The molecule has 5 nitrogen and oxygen atoms in total. The Morgan fingerprint density at radius 1 is 1.39 bits per heavy atom. The van der Waals surface area contributed by atoms with Crippen LogP contribution in [0.5, 0.6) is 0 Å². The molecule has 0 bridgehead atoms. The highest BCUT2D eigenvalue weighted by molar-refractivity contribution is 7.13. The van der Waals surface area contributed by atoms with Crippen LogP contribution in [0.2, 0.25) is 0 Å². The van der Waals surface area contributed by atoms with Crippen LogP contribution in [0, 0.1) is 5.92 Å². The van der Waals surface area contributed by atoms with Crippen molar-refractivity contribution in [1.82, 2.24) is 9.88 Å². The van der Waals surface area contributed by atoms with E-state index in [0.29, 0.717) is 11.0 Å². The lowest BCUT2D eigenvalue weighted by molar-refractivity contribution is -0.137. The molecule has 1 fully saturated rings. The summed E-state index contributed by atoms with van der Waals surface area (Å²) in [5.74, 6) is 0.332. The first kappa shape index (κ1) is 20.6. The van der Waals surface area contributed by atoms with Gasteiger partial charge < -0.3 is 10.6 Å². The number of nitrogens with zero attached hydrogens (tertiary/aromatic N) is 2. The Labute approximate surface area is 166 Å². The van der Waals surface area contributed by atoms with Crippen molar-refractivity contribution in [2.24, 2.45) is 5.92 Å². The van der Waals surface area contributed by atoms with E-state index in [1.807, 2.05) is 5.38 Å². The van der Waals surface area contributed by atoms with Crippen molar-refractivity contribution in [1.29, 1.82) is 0 Å². The molecule has 0 spiro atoms. The number of piperidine rings is 1. The predicted octanol–water partition coefficient (Wildman–Crippen LogP) is 4.44. The van der Waals surface area contributed by atoms with Gasteiger partial charge in [-0.05, 0) is 43.5 Å². The molecular formula is C19H23F3N4OS. The number of amides is 1. The molecule has 0 saturated carbocycles. The maximum absolute atomic E-state index is 12.7. The Morgan fingerprint density at radius 2 is 2.21 bits per heavy atom. The highest BCUT2D eigenvalue weighted by atomic mass is 32.1. The summed E-state index contributed by atoms with van der Waals surface area (Å²) in [6.45, 7) is 4.99. The Bertz CT molecular complexity index is 808. The minimum atomic E-state index is -4.41. The normalized spacial score (nSPS) is 18.1. The topological polar surface area (TPSA) is 57.3 Å². The van der Waals surface area contributed by atoms with Gasteiger partial charge in [-0.15, -0.1) is 11.3 Å². The first-order chi connectivity index (χ1) is 13.3. The van der Waals surface area contributed by atoms with Gasteiger partial charge in [0, 0.05) is 24.2 Å². The number of nitrogens with one attached hydrogen (secondary N) is 2. The number of anilines is 2. The zero-order valence-electron chi connectivity index (χ0n) is 15.6. The third-order valence-electron chi connectivity index (χ3n) is 4.57. The Balaban J connectivity index is 1.48. The predicted molar refractivity (Wildman–Crippen MR) is 104 cm³/mol. The molecule has 0 radical (unpaired) electrons. The Hall–Kier alpha value is -2.13. The molecule has 1 saturated heterocycles. The molecule has 2 heterocycles. The van der Waals surface area contributed by atoms with E-state index in [4.69, 9.17) is 0 Å². The minimum Gasteiger partial charge on any atom is -0.376 e. The van der Waals surface area contributed by atoms with Gasteiger partial charge in [-0.3, -0.25) is 9.69 Å². The summed E-state index contributed by atoms with van der Waals surface area (Å²) in [5.41, 5.74) is 0.402. The van der Waals surface area contributed by atoms with Crippen LogP contribution in [-0.2, 0) is 17.5 Å². The van der Waals surface area contributed by atoms with Crippen LogP contribution in [0.3, 0.4) is 0 Å². The molecule has 1 atom stereocenters. The number of hydrogen-bond acceptors (Lipinski definition) is 5. The number of likely N-dealkylation sites (tertiary alicyclic amines) is 1. The standard InChI is InChI=1S/C19H23F3N4OS/c1-13-4-3-7-26(10-13)11-16-12-28-18(24-16)25-17(27)9-23-15-6-2-5-14(8-15)19(20,21)22/h2,5-6,8,12-13,23H,3-4,7,9-11H2,1H3,(H,24,25,27).